The standard InChI is InChI=1S/C42H85NO3/c1-3-5-7-9-11-13-15-17-19-21-22-24-26-28-30-32-34-36-38-42(46)43-40(39-44)41(45)37-35-33-31-29-27-25-23-20-18-16-14-12-10-8-6-4-2/h40-41,44-45H,3-39H2,1-2H3,(H,43,46). The molecule has 2 atom stereocenters. The summed E-state index contributed by atoms with van der Waals surface area (Å²) in [6, 6.07) is -0.528. The molecular weight excluding hydrogens is 566 g/mol. The van der Waals surface area contributed by atoms with Crippen molar-refractivity contribution in [3.05, 3.63) is 0 Å². The number of amides is 1. The van der Waals surface area contributed by atoms with Crippen molar-refractivity contribution >= 4 is 5.91 Å². The third kappa shape index (κ3) is 34.7. The first-order valence-corrected chi connectivity index (χ1v) is 21.2. The van der Waals surface area contributed by atoms with Gasteiger partial charge in [-0.3, -0.25) is 4.79 Å². The minimum absolute atomic E-state index is 0.0263. The van der Waals surface area contributed by atoms with Gasteiger partial charge in [0.2, 0.25) is 5.91 Å². The number of aliphatic hydroxyl groups excluding tert-OH is 2. The number of hydrogen-bond acceptors (Lipinski definition) is 3. The Kier molecular flexibility index (Phi) is 38.3. The predicted molar refractivity (Wildman–Crippen MR) is 203 cm³/mol. The van der Waals surface area contributed by atoms with Crippen molar-refractivity contribution in [1.29, 1.82) is 0 Å². The first-order valence-electron chi connectivity index (χ1n) is 21.2. The van der Waals surface area contributed by atoms with E-state index in [9.17, 15) is 15.0 Å². The summed E-state index contributed by atoms with van der Waals surface area (Å²) >= 11 is 0. The highest BCUT2D eigenvalue weighted by molar-refractivity contribution is 5.76. The zero-order valence-electron chi connectivity index (χ0n) is 31.6. The van der Waals surface area contributed by atoms with Crippen LogP contribution in [0.15, 0.2) is 0 Å². The van der Waals surface area contributed by atoms with Gasteiger partial charge >= 0.3 is 0 Å². The summed E-state index contributed by atoms with van der Waals surface area (Å²) in [4.78, 5) is 12.4. The molecule has 46 heavy (non-hydrogen) atoms. The summed E-state index contributed by atoms with van der Waals surface area (Å²) < 4.78 is 0. The Labute approximate surface area is 289 Å². The molecule has 0 heterocycles. The third-order valence-electron chi connectivity index (χ3n) is 10.1. The van der Waals surface area contributed by atoms with Crippen LogP contribution in [0.4, 0.5) is 0 Å². The van der Waals surface area contributed by atoms with E-state index in [2.05, 4.69) is 19.2 Å². The van der Waals surface area contributed by atoms with Gasteiger partial charge in [0.05, 0.1) is 18.8 Å². The van der Waals surface area contributed by atoms with Gasteiger partial charge in [-0.2, -0.15) is 0 Å². The minimum Gasteiger partial charge on any atom is -0.394 e. The summed E-state index contributed by atoms with van der Waals surface area (Å²) in [5.41, 5.74) is 0. The number of carbonyl (C=O) groups excluding carboxylic acids is 1. The van der Waals surface area contributed by atoms with Crippen molar-refractivity contribution in [2.45, 2.75) is 257 Å². The van der Waals surface area contributed by atoms with Crippen LogP contribution in [0.5, 0.6) is 0 Å². The molecule has 0 aliphatic rings. The lowest BCUT2D eigenvalue weighted by Gasteiger charge is -2.22. The van der Waals surface area contributed by atoms with E-state index in [0.29, 0.717) is 12.8 Å². The molecule has 0 rings (SSSR count). The Hall–Kier alpha value is -0.610. The Balaban J connectivity index is 3.48. The second kappa shape index (κ2) is 38.8. The van der Waals surface area contributed by atoms with Crippen LogP contribution in [0.2, 0.25) is 0 Å². The van der Waals surface area contributed by atoms with Gasteiger partial charge in [-0.05, 0) is 12.8 Å². The number of nitrogens with one attached hydrogen (secondary N) is 1. The topological polar surface area (TPSA) is 69.6 Å². The molecule has 1 amide bonds. The van der Waals surface area contributed by atoms with Crippen LogP contribution in [0.1, 0.15) is 245 Å². The summed E-state index contributed by atoms with van der Waals surface area (Å²) in [7, 11) is 0. The average molecular weight is 652 g/mol. The summed E-state index contributed by atoms with van der Waals surface area (Å²) in [5.74, 6) is -0.0263. The molecule has 0 radical (unpaired) electrons. The zero-order chi connectivity index (χ0) is 33.6. The Bertz CT molecular complexity index is 583. The van der Waals surface area contributed by atoms with Crippen LogP contribution in [0.3, 0.4) is 0 Å². The Morgan fingerprint density at radius 3 is 0.978 bits per heavy atom. The van der Waals surface area contributed by atoms with E-state index in [1.807, 2.05) is 0 Å². The van der Waals surface area contributed by atoms with E-state index in [1.54, 1.807) is 0 Å². The molecule has 0 aliphatic heterocycles. The molecule has 0 aromatic rings. The highest BCUT2D eigenvalue weighted by Crippen LogP contribution is 2.17. The summed E-state index contributed by atoms with van der Waals surface area (Å²) in [6.45, 7) is 4.38. The number of carbonyl (C=O) groups is 1. The summed E-state index contributed by atoms with van der Waals surface area (Å²) in [5, 5.41) is 23.1. The van der Waals surface area contributed by atoms with Crippen molar-refractivity contribution in [3.8, 4) is 0 Å². The van der Waals surface area contributed by atoms with Crippen molar-refractivity contribution in [2.24, 2.45) is 0 Å². The maximum atomic E-state index is 12.4. The maximum Gasteiger partial charge on any atom is 0.220 e. The second-order valence-electron chi connectivity index (χ2n) is 14.8. The molecule has 0 spiro atoms. The molecule has 0 saturated carbocycles. The van der Waals surface area contributed by atoms with E-state index in [1.165, 1.54) is 193 Å². The Morgan fingerprint density at radius 1 is 0.435 bits per heavy atom. The van der Waals surface area contributed by atoms with Crippen molar-refractivity contribution < 1.29 is 15.0 Å². The van der Waals surface area contributed by atoms with Crippen molar-refractivity contribution in [1.82, 2.24) is 5.32 Å². The van der Waals surface area contributed by atoms with Crippen LogP contribution >= 0.6 is 0 Å². The summed E-state index contributed by atoms with van der Waals surface area (Å²) in [6.07, 6.45) is 46.0. The molecular formula is C42H85NO3. The maximum absolute atomic E-state index is 12.4. The van der Waals surface area contributed by atoms with Gasteiger partial charge in [0.25, 0.3) is 0 Å². The monoisotopic (exact) mass is 652 g/mol. The molecule has 0 saturated heterocycles. The first kappa shape index (κ1) is 45.4. The van der Waals surface area contributed by atoms with E-state index in [-0.39, 0.29) is 12.5 Å². The van der Waals surface area contributed by atoms with Gasteiger partial charge in [0.15, 0.2) is 0 Å². The lowest BCUT2D eigenvalue weighted by atomic mass is 10.0. The first-order chi connectivity index (χ1) is 22.7. The molecule has 0 aromatic carbocycles. The van der Waals surface area contributed by atoms with Gasteiger partial charge in [-0.25, -0.2) is 0 Å². The van der Waals surface area contributed by atoms with Gasteiger partial charge in [-0.15, -0.1) is 0 Å². The normalized spacial score (nSPS) is 12.9. The SMILES string of the molecule is CCCCCCCCCCCCCCCCCCCCC(=O)NC(CO)C(O)CCCCCCCCCCCCCCCCCC. The van der Waals surface area contributed by atoms with Crippen LogP contribution in [0, 0.1) is 0 Å². The van der Waals surface area contributed by atoms with Crippen LogP contribution in [0.25, 0.3) is 0 Å². The van der Waals surface area contributed by atoms with E-state index in [0.717, 1.165) is 25.7 Å². The number of aliphatic hydroxyl groups is 2. The predicted octanol–water partition coefficient (Wildman–Crippen LogP) is 12.9. The van der Waals surface area contributed by atoms with Crippen LogP contribution < -0.4 is 5.32 Å². The minimum atomic E-state index is -0.652. The highest BCUT2D eigenvalue weighted by atomic mass is 16.3. The van der Waals surface area contributed by atoms with Crippen LogP contribution in [-0.2, 0) is 4.79 Å². The fourth-order valence-corrected chi connectivity index (χ4v) is 6.83. The fraction of sp³-hybridized carbons (Fsp3) is 0.976. The van der Waals surface area contributed by atoms with E-state index in [4.69, 9.17) is 0 Å². The molecule has 0 aliphatic carbocycles. The fourth-order valence-electron chi connectivity index (χ4n) is 6.83. The van der Waals surface area contributed by atoms with Crippen molar-refractivity contribution in [3.63, 3.8) is 0 Å². The van der Waals surface area contributed by atoms with Crippen molar-refractivity contribution in [2.75, 3.05) is 6.61 Å². The lowest BCUT2D eigenvalue weighted by molar-refractivity contribution is -0.123. The van der Waals surface area contributed by atoms with Gasteiger partial charge in [-0.1, -0.05) is 226 Å². The van der Waals surface area contributed by atoms with Gasteiger partial charge in [0, 0.05) is 6.42 Å². The molecule has 3 N–H and O–H groups in total. The quantitative estimate of drug-likeness (QED) is 0.0579. The zero-order valence-corrected chi connectivity index (χ0v) is 31.6. The van der Waals surface area contributed by atoms with Crippen LogP contribution in [-0.4, -0.2) is 34.9 Å². The second-order valence-corrected chi connectivity index (χ2v) is 14.8. The Morgan fingerprint density at radius 2 is 0.696 bits per heavy atom. The smallest absolute Gasteiger partial charge is 0.220 e. The molecule has 4 nitrogen and oxygen atoms in total. The number of hydrogen-bond donors (Lipinski definition) is 3. The average Bonchev–Trinajstić information content (AvgIpc) is 3.06. The number of unbranched alkanes of at least 4 members (excludes halogenated alkanes) is 32. The molecule has 4 heteroatoms. The van der Waals surface area contributed by atoms with E-state index >= 15 is 0 Å². The molecule has 276 valence electrons. The van der Waals surface area contributed by atoms with E-state index < -0.39 is 12.1 Å². The highest BCUT2D eigenvalue weighted by Gasteiger charge is 2.20. The molecule has 0 aromatic heterocycles. The van der Waals surface area contributed by atoms with Gasteiger partial charge in [0.1, 0.15) is 0 Å². The number of rotatable bonds is 39. The molecule has 2 unspecified atom stereocenters. The molecule has 0 bridgehead atoms. The van der Waals surface area contributed by atoms with Gasteiger partial charge < -0.3 is 15.5 Å². The third-order valence-corrected chi connectivity index (χ3v) is 10.1. The lowest BCUT2D eigenvalue weighted by Crippen LogP contribution is -2.45. The molecule has 0 fully saturated rings. The largest absolute Gasteiger partial charge is 0.394 e.